The molecule has 2 aromatic carbocycles. The first-order valence-corrected chi connectivity index (χ1v) is 9.30. The van der Waals surface area contributed by atoms with Gasteiger partial charge in [0, 0.05) is 30.6 Å². The summed E-state index contributed by atoms with van der Waals surface area (Å²) in [4.78, 5) is 9.06. The molecule has 0 spiro atoms. The maximum atomic E-state index is 6.46. The third-order valence-corrected chi connectivity index (χ3v) is 5.19. The fourth-order valence-corrected chi connectivity index (χ4v) is 3.75. The van der Waals surface area contributed by atoms with Crippen LogP contribution in [0.5, 0.6) is 0 Å². The van der Waals surface area contributed by atoms with Gasteiger partial charge < -0.3 is 4.57 Å². The Labute approximate surface area is 168 Å². The summed E-state index contributed by atoms with van der Waals surface area (Å²) in [7, 11) is 1.99. The van der Waals surface area contributed by atoms with Gasteiger partial charge in [0.2, 0.25) is 0 Å². The molecule has 4 aromatic rings. The molecule has 4 rings (SSSR count). The van der Waals surface area contributed by atoms with E-state index in [1.165, 1.54) is 5.56 Å². The lowest BCUT2D eigenvalue weighted by Crippen LogP contribution is -1.97. The Morgan fingerprint density at radius 1 is 0.815 bits per heavy atom. The summed E-state index contributed by atoms with van der Waals surface area (Å²) < 4.78 is 2.05. The molecule has 134 valence electrons. The summed E-state index contributed by atoms with van der Waals surface area (Å²) in [6.07, 6.45) is 3.54. The van der Waals surface area contributed by atoms with Crippen molar-refractivity contribution in [2.75, 3.05) is 0 Å². The van der Waals surface area contributed by atoms with E-state index in [1.54, 1.807) is 12.4 Å². The van der Waals surface area contributed by atoms with Crippen molar-refractivity contribution in [3.05, 3.63) is 82.6 Å². The molecule has 0 aliphatic heterocycles. The van der Waals surface area contributed by atoms with Gasteiger partial charge in [0.15, 0.2) is 0 Å². The molecule has 0 N–H and O–H groups in total. The SMILES string of the molecule is Cc1ccc(-c2c(-c3ccncc3)nc(-c3c(Cl)cccc3Cl)n2C)cc1. The minimum Gasteiger partial charge on any atom is -0.327 e. The first-order valence-electron chi connectivity index (χ1n) is 8.55. The van der Waals surface area contributed by atoms with Gasteiger partial charge in [-0.15, -0.1) is 0 Å². The molecule has 27 heavy (non-hydrogen) atoms. The van der Waals surface area contributed by atoms with Crippen molar-refractivity contribution in [2.24, 2.45) is 7.05 Å². The van der Waals surface area contributed by atoms with E-state index >= 15 is 0 Å². The van der Waals surface area contributed by atoms with E-state index in [4.69, 9.17) is 28.2 Å². The predicted molar refractivity (Wildman–Crippen MR) is 112 cm³/mol. The van der Waals surface area contributed by atoms with Gasteiger partial charge in [-0.3, -0.25) is 4.98 Å². The quantitative estimate of drug-likeness (QED) is 0.401. The molecular formula is C22H17Cl2N3. The molecule has 0 atom stereocenters. The summed E-state index contributed by atoms with van der Waals surface area (Å²) in [6.45, 7) is 2.08. The molecule has 0 aliphatic rings. The van der Waals surface area contributed by atoms with Gasteiger partial charge in [0.25, 0.3) is 0 Å². The maximum Gasteiger partial charge on any atom is 0.143 e. The van der Waals surface area contributed by atoms with E-state index in [9.17, 15) is 0 Å². The number of hydrogen-bond donors (Lipinski definition) is 0. The van der Waals surface area contributed by atoms with Crippen molar-refractivity contribution in [1.82, 2.24) is 14.5 Å². The highest BCUT2D eigenvalue weighted by Crippen LogP contribution is 2.39. The topological polar surface area (TPSA) is 30.7 Å². The molecule has 2 heterocycles. The number of rotatable bonds is 3. The van der Waals surface area contributed by atoms with Crippen molar-refractivity contribution in [2.45, 2.75) is 6.92 Å². The summed E-state index contributed by atoms with van der Waals surface area (Å²) in [5, 5.41) is 1.15. The highest BCUT2D eigenvalue weighted by Gasteiger charge is 2.21. The lowest BCUT2D eigenvalue weighted by molar-refractivity contribution is 0.933. The molecule has 0 radical (unpaired) electrons. The number of imidazole rings is 1. The Morgan fingerprint density at radius 2 is 1.44 bits per heavy atom. The average Bonchev–Trinajstić information content (AvgIpc) is 3.00. The van der Waals surface area contributed by atoms with Crippen LogP contribution in [0.4, 0.5) is 0 Å². The van der Waals surface area contributed by atoms with Crippen molar-refractivity contribution in [3.8, 4) is 33.9 Å². The third kappa shape index (κ3) is 3.25. The van der Waals surface area contributed by atoms with Crippen LogP contribution >= 0.6 is 23.2 Å². The van der Waals surface area contributed by atoms with E-state index in [2.05, 4.69) is 36.2 Å². The van der Waals surface area contributed by atoms with Crippen LogP contribution in [0.1, 0.15) is 5.56 Å². The number of benzene rings is 2. The molecule has 0 bridgehead atoms. The van der Waals surface area contributed by atoms with Crippen molar-refractivity contribution in [3.63, 3.8) is 0 Å². The normalized spacial score (nSPS) is 11.0. The van der Waals surface area contributed by atoms with Gasteiger partial charge in [-0.25, -0.2) is 4.98 Å². The monoisotopic (exact) mass is 393 g/mol. The van der Waals surface area contributed by atoms with Gasteiger partial charge in [-0.05, 0) is 31.2 Å². The molecule has 5 heteroatoms. The Hall–Kier alpha value is -2.62. The minimum absolute atomic E-state index is 0.576. The second kappa shape index (κ2) is 7.18. The highest BCUT2D eigenvalue weighted by atomic mass is 35.5. The second-order valence-electron chi connectivity index (χ2n) is 6.39. The number of hydrogen-bond acceptors (Lipinski definition) is 2. The Morgan fingerprint density at radius 3 is 2.07 bits per heavy atom. The summed E-state index contributed by atoms with van der Waals surface area (Å²) >= 11 is 12.9. The van der Waals surface area contributed by atoms with Crippen LogP contribution in [-0.2, 0) is 7.05 Å². The second-order valence-corrected chi connectivity index (χ2v) is 7.20. The largest absolute Gasteiger partial charge is 0.327 e. The molecule has 3 nitrogen and oxygen atoms in total. The van der Waals surface area contributed by atoms with E-state index in [1.807, 2.05) is 41.9 Å². The van der Waals surface area contributed by atoms with Crippen LogP contribution in [0, 0.1) is 6.92 Å². The zero-order chi connectivity index (χ0) is 19.0. The first kappa shape index (κ1) is 17.8. The maximum absolute atomic E-state index is 6.46. The molecule has 0 saturated carbocycles. The number of pyridine rings is 1. The van der Waals surface area contributed by atoms with Crippen LogP contribution in [0.15, 0.2) is 67.0 Å². The van der Waals surface area contributed by atoms with Gasteiger partial charge in [-0.2, -0.15) is 0 Å². The zero-order valence-corrected chi connectivity index (χ0v) is 16.5. The van der Waals surface area contributed by atoms with E-state index in [-0.39, 0.29) is 0 Å². The smallest absolute Gasteiger partial charge is 0.143 e. The molecule has 0 aliphatic carbocycles. The molecule has 0 amide bonds. The lowest BCUT2D eigenvalue weighted by Gasteiger charge is -2.10. The van der Waals surface area contributed by atoms with Crippen LogP contribution in [0.3, 0.4) is 0 Å². The van der Waals surface area contributed by atoms with Gasteiger partial charge >= 0.3 is 0 Å². The van der Waals surface area contributed by atoms with Gasteiger partial charge in [-0.1, -0.05) is 59.1 Å². The molecule has 0 unspecified atom stereocenters. The number of nitrogens with zero attached hydrogens (tertiary/aromatic N) is 3. The van der Waals surface area contributed by atoms with Crippen LogP contribution in [-0.4, -0.2) is 14.5 Å². The number of halogens is 2. The number of aryl methyl sites for hydroxylation is 1. The van der Waals surface area contributed by atoms with E-state index < -0.39 is 0 Å². The van der Waals surface area contributed by atoms with E-state index in [0.29, 0.717) is 10.0 Å². The highest BCUT2D eigenvalue weighted by molar-refractivity contribution is 6.39. The van der Waals surface area contributed by atoms with Crippen LogP contribution in [0.25, 0.3) is 33.9 Å². The molecular weight excluding hydrogens is 377 g/mol. The summed E-state index contributed by atoms with van der Waals surface area (Å²) in [5.41, 5.74) is 5.89. The first-order chi connectivity index (χ1) is 13.1. The van der Waals surface area contributed by atoms with Crippen molar-refractivity contribution in [1.29, 1.82) is 0 Å². The van der Waals surface area contributed by atoms with Crippen molar-refractivity contribution >= 4 is 23.2 Å². The Kier molecular flexibility index (Phi) is 4.73. The lowest BCUT2D eigenvalue weighted by atomic mass is 10.0. The third-order valence-electron chi connectivity index (χ3n) is 4.56. The fourth-order valence-electron chi connectivity index (χ4n) is 3.19. The molecule has 2 aromatic heterocycles. The summed E-state index contributed by atoms with van der Waals surface area (Å²) in [6, 6.07) is 17.8. The standard InChI is InChI=1S/C22H17Cl2N3/c1-14-6-8-16(9-7-14)21-20(15-10-12-25-13-11-15)26-22(27(21)2)19-17(23)4-3-5-18(19)24/h3-13H,1-2H3. The minimum atomic E-state index is 0.576. The average molecular weight is 394 g/mol. The van der Waals surface area contributed by atoms with Crippen molar-refractivity contribution < 1.29 is 0 Å². The molecule has 0 fully saturated rings. The zero-order valence-electron chi connectivity index (χ0n) is 14.9. The predicted octanol–water partition coefficient (Wildman–Crippen LogP) is 6.43. The Bertz CT molecular complexity index is 1080. The van der Waals surface area contributed by atoms with Gasteiger partial charge in [0.1, 0.15) is 5.82 Å². The van der Waals surface area contributed by atoms with E-state index in [0.717, 1.165) is 33.9 Å². The summed E-state index contributed by atoms with van der Waals surface area (Å²) in [5.74, 6) is 0.730. The molecule has 0 saturated heterocycles. The number of aromatic nitrogens is 3. The van der Waals surface area contributed by atoms with Crippen LogP contribution < -0.4 is 0 Å². The fraction of sp³-hybridized carbons (Fsp3) is 0.0909. The van der Waals surface area contributed by atoms with Crippen LogP contribution in [0.2, 0.25) is 10.0 Å². The van der Waals surface area contributed by atoms with Gasteiger partial charge in [0.05, 0.1) is 27.0 Å². The Balaban J connectivity index is 2.02.